The van der Waals surface area contributed by atoms with Gasteiger partial charge in [0.25, 0.3) is 0 Å². The summed E-state index contributed by atoms with van der Waals surface area (Å²) in [6.07, 6.45) is 2.08. The zero-order valence-corrected chi connectivity index (χ0v) is 9.16. The molecule has 0 aromatic carbocycles. The second-order valence-corrected chi connectivity index (χ2v) is 4.03. The second-order valence-electron chi connectivity index (χ2n) is 4.03. The number of aliphatic carboxylic acids is 1. The third-order valence-corrected chi connectivity index (χ3v) is 1.41. The lowest BCUT2D eigenvalue weighted by molar-refractivity contribution is -0.132. The molecule has 0 rings (SSSR count). The molecule has 0 aliphatic heterocycles. The summed E-state index contributed by atoms with van der Waals surface area (Å²) in [5, 5.41) is 8.58. The van der Waals surface area contributed by atoms with E-state index in [9.17, 15) is 4.79 Å². The zero-order chi connectivity index (χ0) is 11.4. The summed E-state index contributed by atoms with van der Waals surface area (Å²) < 4.78 is 0. The van der Waals surface area contributed by atoms with E-state index in [-0.39, 0.29) is 11.2 Å². The van der Waals surface area contributed by atoms with Crippen molar-refractivity contribution in [2.24, 2.45) is 10.7 Å². The first-order valence-corrected chi connectivity index (χ1v) is 4.55. The van der Waals surface area contributed by atoms with E-state index in [2.05, 4.69) is 4.99 Å². The summed E-state index contributed by atoms with van der Waals surface area (Å²) in [7, 11) is 0. The minimum absolute atomic E-state index is 0.171. The van der Waals surface area contributed by atoms with E-state index in [4.69, 9.17) is 10.8 Å². The average Bonchev–Trinajstić information content (AvgIpc) is 2.00. The molecule has 14 heavy (non-hydrogen) atoms. The van der Waals surface area contributed by atoms with Gasteiger partial charge in [-0.05, 0) is 33.3 Å². The van der Waals surface area contributed by atoms with Crippen molar-refractivity contribution in [3.63, 3.8) is 0 Å². The molecule has 0 fully saturated rings. The monoisotopic (exact) mass is 198 g/mol. The molecule has 0 spiro atoms. The zero-order valence-electron chi connectivity index (χ0n) is 9.16. The molecule has 4 nitrogen and oxygen atoms in total. The van der Waals surface area contributed by atoms with Gasteiger partial charge in [-0.1, -0.05) is 6.92 Å². The first kappa shape index (κ1) is 12.7. The molecule has 4 heteroatoms. The quantitative estimate of drug-likeness (QED) is 0.533. The maximum atomic E-state index is 10.5. The van der Waals surface area contributed by atoms with Crippen molar-refractivity contribution in [3.05, 3.63) is 11.8 Å². The van der Waals surface area contributed by atoms with Gasteiger partial charge in [-0.15, -0.1) is 0 Å². The molecule has 3 N–H and O–H groups in total. The third-order valence-electron chi connectivity index (χ3n) is 1.41. The number of allylic oxidation sites excluding steroid dienone is 1. The first-order chi connectivity index (χ1) is 6.26. The average molecular weight is 198 g/mol. The van der Waals surface area contributed by atoms with Crippen LogP contribution in [0.5, 0.6) is 0 Å². The fourth-order valence-electron chi connectivity index (χ4n) is 0.885. The maximum absolute atomic E-state index is 10.5. The minimum Gasteiger partial charge on any atom is -0.477 e. The Morgan fingerprint density at radius 2 is 2.00 bits per heavy atom. The van der Waals surface area contributed by atoms with E-state index >= 15 is 0 Å². The first-order valence-electron chi connectivity index (χ1n) is 4.55. The van der Waals surface area contributed by atoms with Gasteiger partial charge in [-0.3, -0.25) is 4.99 Å². The van der Waals surface area contributed by atoms with Crippen molar-refractivity contribution in [2.75, 3.05) is 0 Å². The van der Waals surface area contributed by atoms with Gasteiger partial charge >= 0.3 is 5.97 Å². The summed E-state index contributed by atoms with van der Waals surface area (Å²) >= 11 is 0. The summed E-state index contributed by atoms with van der Waals surface area (Å²) in [6.45, 7) is 7.77. The number of carbonyl (C=O) groups is 1. The Kier molecular flexibility index (Phi) is 4.34. The molecular formula is C10H18N2O2. The van der Waals surface area contributed by atoms with Gasteiger partial charge in [0.15, 0.2) is 0 Å². The van der Waals surface area contributed by atoms with Crippen LogP contribution in [0.25, 0.3) is 0 Å². The number of rotatable bonds is 3. The van der Waals surface area contributed by atoms with Gasteiger partial charge in [0.2, 0.25) is 0 Å². The van der Waals surface area contributed by atoms with Crippen LogP contribution in [0.2, 0.25) is 0 Å². The Morgan fingerprint density at radius 1 is 1.50 bits per heavy atom. The molecule has 0 aromatic rings. The molecule has 0 aromatic heterocycles. The number of carboxylic acid groups (broad SMARTS) is 1. The van der Waals surface area contributed by atoms with Crippen molar-refractivity contribution < 1.29 is 9.90 Å². The normalized spacial score (nSPS) is 14.3. The topological polar surface area (TPSA) is 75.7 Å². The summed E-state index contributed by atoms with van der Waals surface area (Å²) in [6, 6.07) is 0. The Labute approximate surface area is 84.5 Å². The number of hydrogen-bond donors (Lipinski definition) is 2. The molecule has 0 saturated heterocycles. The van der Waals surface area contributed by atoms with Gasteiger partial charge in [-0.25, -0.2) is 4.79 Å². The Bertz CT molecular complexity index is 272. The van der Waals surface area contributed by atoms with Crippen LogP contribution in [0.3, 0.4) is 0 Å². The number of hydrogen-bond acceptors (Lipinski definition) is 3. The van der Waals surface area contributed by atoms with Crippen molar-refractivity contribution in [3.8, 4) is 0 Å². The Hall–Kier alpha value is -1.32. The minimum atomic E-state index is -1.11. The molecule has 0 aliphatic rings. The van der Waals surface area contributed by atoms with Crippen molar-refractivity contribution in [1.29, 1.82) is 0 Å². The lowest BCUT2D eigenvalue weighted by Gasteiger charge is -2.13. The summed E-state index contributed by atoms with van der Waals surface area (Å²) in [4.78, 5) is 14.8. The van der Waals surface area contributed by atoms with Gasteiger partial charge in [-0.2, -0.15) is 0 Å². The van der Waals surface area contributed by atoms with Crippen LogP contribution in [0.1, 0.15) is 34.1 Å². The molecule has 0 radical (unpaired) electrons. The number of nitrogens with zero attached hydrogens (tertiary/aromatic N) is 1. The number of aliphatic imine (C=N–C) groups is 1. The highest BCUT2D eigenvalue weighted by molar-refractivity contribution is 6.01. The fourth-order valence-corrected chi connectivity index (χ4v) is 0.885. The third kappa shape index (κ3) is 5.35. The van der Waals surface area contributed by atoms with E-state index in [1.54, 1.807) is 0 Å². The second kappa shape index (κ2) is 4.79. The van der Waals surface area contributed by atoms with Crippen LogP contribution in [0.4, 0.5) is 0 Å². The van der Waals surface area contributed by atoms with E-state index in [0.29, 0.717) is 12.1 Å². The van der Waals surface area contributed by atoms with Gasteiger partial charge in [0.1, 0.15) is 5.70 Å². The van der Waals surface area contributed by atoms with E-state index in [1.807, 2.05) is 27.7 Å². The standard InChI is InChI=1S/C10H18N2O2/c1-5-7(12-10(2,3)4)6-8(11)9(13)14/h6H,5,11H2,1-4H3,(H,13,14). The predicted octanol–water partition coefficient (Wildman–Crippen LogP) is 1.56. The van der Waals surface area contributed by atoms with Crippen LogP contribution in [0, 0.1) is 0 Å². The van der Waals surface area contributed by atoms with E-state index in [1.165, 1.54) is 6.08 Å². The van der Waals surface area contributed by atoms with Crippen molar-refractivity contribution in [2.45, 2.75) is 39.7 Å². The van der Waals surface area contributed by atoms with Crippen LogP contribution < -0.4 is 5.73 Å². The Morgan fingerprint density at radius 3 is 2.29 bits per heavy atom. The largest absolute Gasteiger partial charge is 0.477 e. The number of nitrogens with two attached hydrogens (primary N) is 1. The molecule has 80 valence electrons. The molecular weight excluding hydrogens is 180 g/mol. The van der Waals surface area contributed by atoms with Crippen LogP contribution in [-0.2, 0) is 4.79 Å². The van der Waals surface area contributed by atoms with Crippen LogP contribution >= 0.6 is 0 Å². The molecule has 0 unspecified atom stereocenters. The summed E-state index contributed by atoms with van der Waals surface area (Å²) in [5.74, 6) is -1.11. The molecule has 0 aliphatic carbocycles. The van der Waals surface area contributed by atoms with Crippen LogP contribution in [0.15, 0.2) is 16.8 Å². The highest BCUT2D eigenvalue weighted by Crippen LogP contribution is 2.08. The van der Waals surface area contributed by atoms with E-state index < -0.39 is 5.97 Å². The van der Waals surface area contributed by atoms with Crippen LogP contribution in [-0.4, -0.2) is 22.3 Å². The molecule has 0 atom stereocenters. The fraction of sp³-hybridized carbons (Fsp3) is 0.600. The van der Waals surface area contributed by atoms with Gasteiger partial charge < -0.3 is 10.8 Å². The molecule has 0 heterocycles. The lowest BCUT2D eigenvalue weighted by atomic mass is 10.1. The van der Waals surface area contributed by atoms with Crippen molar-refractivity contribution >= 4 is 11.7 Å². The molecule has 0 amide bonds. The number of carboxylic acids is 1. The molecule has 0 saturated carbocycles. The van der Waals surface area contributed by atoms with Gasteiger partial charge in [0.05, 0.1) is 5.54 Å². The highest BCUT2D eigenvalue weighted by Gasteiger charge is 2.09. The molecule has 0 bridgehead atoms. The predicted molar refractivity (Wildman–Crippen MR) is 57.4 cm³/mol. The SMILES string of the molecule is CCC(C=C(N)C(=O)O)=NC(C)(C)C. The Balaban J connectivity index is 4.85. The van der Waals surface area contributed by atoms with E-state index in [0.717, 1.165) is 0 Å². The lowest BCUT2D eigenvalue weighted by Crippen LogP contribution is -2.16. The van der Waals surface area contributed by atoms with Crippen molar-refractivity contribution in [1.82, 2.24) is 0 Å². The van der Waals surface area contributed by atoms with Gasteiger partial charge in [0, 0.05) is 5.71 Å². The smallest absolute Gasteiger partial charge is 0.351 e. The maximum Gasteiger partial charge on any atom is 0.351 e. The summed E-state index contributed by atoms with van der Waals surface area (Å²) in [5.41, 5.74) is 5.62. The highest BCUT2D eigenvalue weighted by atomic mass is 16.4.